The van der Waals surface area contributed by atoms with Crippen molar-refractivity contribution in [3.05, 3.63) is 72.3 Å². The first-order valence-corrected chi connectivity index (χ1v) is 11.5. The van der Waals surface area contributed by atoms with Gasteiger partial charge in [0, 0.05) is 22.6 Å². The Kier molecular flexibility index (Phi) is 8.60. The van der Waals surface area contributed by atoms with Gasteiger partial charge in [-0.1, -0.05) is 18.2 Å². The predicted molar refractivity (Wildman–Crippen MR) is 131 cm³/mol. The van der Waals surface area contributed by atoms with Crippen molar-refractivity contribution in [2.24, 2.45) is 0 Å². The molecule has 3 rings (SSSR count). The number of anilines is 2. The average molecular weight is 467 g/mol. The SMILES string of the molecule is CCOc1cc(NC(=O)c2ccccc2)c(OCC)cc1NC(=O)CSc1ccc(O)cc1. The molecular weight excluding hydrogens is 440 g/mol. The molecule has 0 aliphatic heterocycles. The Balaban J connectivity index is 1.78. The molecule has 0 spiro atoms. The molecule has 0 aliphatic carbocycles. The fourth-order valence-electron chi connectivity index (χ4n) is 2.97. The van der Waals surface area contributed by atoms with Crippen LogP contribution in [0, 0.1) is 0 Å². The van der Waals surface area contributed by atoms with Gasteiger partial charge in [0.15, 0.2) is 0 Å². The lowest BCUT2D eigenvalue weighted by molar-refractivity contribution is -0.113. The monoisotopic (exact) mass is 466 g/mol. The first-order valence-electron chi connectivity index (χ1n) is 10.5. The van der Waals surface area contributed by atoms with E-state index in [-0.39, 0.29) is 23.3 Å². The van der Waals surface area contributed by atoms with Crippen molar-refractivity contribution in [3.8, 4) is 17.2 Å². The number of carbonyl (C=O) groups is 2. The van der Waals surface area contributed by atoms with Crippen molar-refractivity contribution in [1.82, 2.24) is 0 Å². The van der Waals surface area contributed by atoms with E-state index in [1.807, 2.05) is 19.9 Å². The number of nitrogens with one attached hydrogen (secondary N) is 2. The number of thioether (sulfide) groups is 1. The Morgan fingerprint density at radius 3 is 2.00 bits per heavy atom. The summed E-state index contributed by atoms with van der Waals surface area (Å²) in [5.74, 6) is 0.693. The molecule has 3 aromatic carbocycles. The second-order valence-corrected chi connectivity index (χ2v) is 7.91. The van der Waals surface area contributed by atoms with Crippen LogP contribution in [0.15, 0.2) is 71.6 Å². The van der Waals surface area contributed by atoms with E-state index < -0.39 is 0 Å². The molecule has 0 radical (unpaired) electrons. The molecule has 0 bridgehead atoms. The van der Waals surface area contributed by atoms with E-state index in [9.17, 15) is 14.7 Å². The molecule has 0 aliphatic rings. The topological polar surface area (TPSA) is 96.9 Å². The largest absolute Gasteiger partial charge is 0.508 e. The molecule has 172 valence electrons. The Labute approximate surface area is 197 Å². The van der Waals surface area contributed by atoms with Crippen molar-refractivity contribution in [1.29, 1.82) is 0 Å². The van der Waals surface area contributed by atoms with Crippen LogP contribution in [-0.4, -0.2) is 35.9 Å². The quantitative estimate of drug-likeness (QED) is 0.357. The molecule has 7 nitrogen and oxygen atoms in total. The van der Waals surface area contributed by atoms with Crippen molar-refractivity contribution >= 4 is 35.0 Å². The Morgan fingerprint density at radius 2 is 1.42 bits per heavy atom. The van der Waals surface area contributed by atoms with E-state index >= 15 is 0 Å². The molecule has 8 heteroatoms. The summed E-state index contributed by atoms with van der Waals surface area (Å²) in [7, 11) is 0. The molecule has 0 fully saturated rings. The lowest BCUT2D eigenvalue weighted by atomic mass is 10.2. The van der Waals surface area contributed by atoms with Crippen LogP contribution < -0.4 is 20.1 Å². The van der Waals surface area contributed by atoms with Gasteiger partial charge >= 0.3 is 0 Å². The van der Waals surface area contributed by atoms with Crippen LogP contribution in [0.1, 0.15) is 24.2 Å². The fourth-order valence-corrected chi connectivity index (χ4v) is 3.67. The maximum atomic E-state index is 12.6. The molecule has 2 amide bonds. The van der Waals surface area contributed by atoms with Crippen LogP contribution in [-0.2, 0) is 4.79 Å². The van der Waals surface area contributed by atoms with E-state index in [0.717, 1.165) is 4.90 Å². The standard InChI is InChI=1S/C25H26N2O5S/c1-3-31-22-15-21(27-25(30)17-8-6-5-7-9-17)23(32-4-2)14-20(22)26-24(29)16-33-19-12-10-18(28)11-13-19/h5-15,28H,3-4,16H2,1-2H3,(H,26,29)(H,27,30). The van der Waals surface area contributed by atoms with Gasteiger partial charge in [-0.05, 0) is 50.2 Å². The lowest BCUT2D eigenvalue weighted by Crippen LogP contribution is -2.16. The summed E-state index contributed by atoms with van der Waals surface area (Å²) >= 11 is 1.35. The number of hydrogen-bond acceptors (Lipinski definition) is 6. The first kappa shape index (κ1) is 24.0. The van der Waals surface area contributed by atoms with Gasteiger partial charge in [0.05, 0.1) is 30.3 Å². The Bertz CT molecular complexity index is 1090. The summed E-state index contributed by atoms with van der Waals surface area (Å²) in [6, 6.07) is 18.8. The van der Waals surface area contributed by atoms with Crippen molar-refractivity contribution < 1.29 is 24.2 Å². The van der Waals surface area contributed by atoms with Gasteiger partial charge in [0.2, 0.25) is 5.91 Å². The number of phenolic OH excluding ortho intramolecular Hbond substituents is 1. The molecule has 0 heterocycles. The lowest BCUT2D eigenvalue weighted by Gasteiger charge is -2.18. The highest BCUT2D eigenvalue weighted by Gasteiger charge is 2.17. The first-order chi connectivity index (χ1) is 16.0. The molecule has 3 aromatic rings. The molecule has 0 aromatic heterocycles. The molecule has 3 N–H and O–H groups in total. The summed E-state index contributed by atoms with van der Waals surface area (Å²) in [6.07, 6.45) is 0. The average Bonchev–Trinajstić information content (AvgIpc) is 2.82. The Hall–Kier alpha value is -3.65. The summed E-state index contributed by atoms with van der Waals surface area (Å²) in [5, 5.41) is 15.1. The Morgan fingerprint density at radius 1 is 0.848 bits per heavy atom. The van der Waals surface area contributed by atoms with E-state index in [2.05, 4.69) is 10.6 Å². The second kappa shape index (κ2) is 11.8. The predicted octanol–water partition coefficient (Wildman–Crippen LogP) is 5.17. The highest BCUT2D eigenvalue weighted by molar-refractivity contribution is 8.00. The van der Waals surface area contributed by atoms with Gasteiger partial charge in [0.25, 0.3) is 5.91 Å². The van der Waals surface area contributed by atoms with E-state index in [0.29, 0.717) is 41.7 Å². The van der Waals surface area contributed by atoms with Crippen LogP contribution in [0.2, 0.25) is 0 Å². The zero-order chi connectivity index (χ0) is 23.6. The van der Waals surface area contributed by atoms with Crippen molar-refractivity contribution in [3.63, 3.8) is 0 Å². The van der Waals surface area contributed by atoms with Gasteiger partial charge in [0.1, 0.15) is 17.2 Å². The van der Waals surface area contributed by atoms with Crippen LogP contribution in [0.5, 0.6) is 17.2 Å². The number of rotatable bonds is 10. The summed E-state index contributed by atoms with van der Waals surface area (Å²) in [4.78, 5) is 26.1. The maximum Gasteiger partial charge on any atom is 0.255 e. The third-order valence-corrected chi connectivity index (χ3v) is 5.46. The third-order valence-electron chi connectivity index (χ3n) is 4.45. The number of aromatic hydroxyl groups is 1. The third kappa shape index (κ3) is 6.92. The highest BCUT2D eigenvalue weighted by atomic mass is 32.2. The summed E-state index contributed by atoms with van der Waals surface area (Å²) in [5.41, 5.74) is 1.42. The molecule has 0 unspecified atom stereocenters. The number of ether oxygens (including phenoxy) is 2. The summed E-state index contributed by atoms with van der Waals surface area (Å²) in [6.45, 7) is 4.44. The zero-order valence-electron chi connectivity index (χ0n) is 18.5. The normalized spacial score (nSPS) is 10.4. The van der Waals surface area contributed by atoms with Crippen molar-refractivity contribution in [2.45, 2.75) is 18.7 Å². The van der Waals surface area contributed by atoms with Crippen LogP contribution in [0.4, 0.5) is 11.4 Å². The van der Waals surface area contributed by atoms with Gasteiger partial charge in [-0.2, -0.15) is 0 Å². The molecular formula is C25H26N2O5S. The molecule has 0 saturated carbocycles. The van der Waals surface area contributed by atoms with Gasteiger partial charge in [-0.3, -0.25) is 9.59 Å². The molecule has 0 saturated heterocycles. The van der Waals surface area contributed by atoms with Crippen molar-refractivity contribution in [2.75, 3.05) is 29.6 Å². The minimum Gasteiger partial charge on any atom is -0.508 e. The number of hydrogen-bond donors (Lipinski definition) is 3. The van der Waals surface area contributed by atoms with E-state index in [1.54, 1.807) is 60.7 Å². The summed E-state index contributed by atoms with van der Waals surface area (Å²) < 4.78 is 11.4. The van der Waals surface area contributed by atoms with Gasteiger partial charge < -0.3 is 25.2 Å². The minimum atomic E-state index is -0.277. The van der Waals surface area contributed by atoms with E-state index in [4.69, 9.17) is 9.47 Å². The van der Waals surface area contributed by atoms with E-state index in [1.165, 1.54) is 11.8 Å². The number of phenols is 1. The maximum absolute atomic E-state index is 12.6. The van der Waals surface area contributed by atoms with Crippen LogP contribution >= 0.6 is 11.8 Å². The smallest absolute Gasteiger partial charge is 0.255 e. The van der Waals surface area contributed by atoms with Crippen LogP contribution in [0.25, 0.3) is 0 Å². The minimum absolute atomic E-state index is 0.173. The molecule has 33 heavy (non-hydrogen) atoms. The second-order valence-electron chi connectivity index (χ2n) is 6.86. The molecule has 0 atom stereocenters. The van der Waals surface area contributed by atoms with Gasteiger partial charge in [-0.25, -0.2) is 0 Å². The van der Waals surface area contributed by atoms with Crippen LogP contribution in [0.3, 0.4) is 0 Å². The number of carbonyl (C=O) groups excluding carboxylic acids is 2. The zero-order valence-corrected chi connectivity index (χ0v) is 19.3. The number of benzene rings is 3. The van der Waals surface area contributed by atoms with Gasteiger partial charge in [-0.15, -0.1) is 11.8 Å². The number of amides is 2. The fraction of sp³-hybridized carbons (Fsp3) is 0.200. The highest BCUT2D eigenvalue weighted by Crippen LogP contribution is 2.37.